The minimum absolute atomic E-state index is 0.0760. The topological polar surface area (TPSA) is 45.2 Å². The Morgan fingerprint density at radius 3 is 3.00 bits per heavy atom. The Morgan fingerprint density at radius 2 is 2.32 bits per heavy atom. The van der Waals surface area contributed by atoms with E-state index in [1.807, 2.05) is 10.3 Å². The van der Waals surface area contributed by atoms with Crippen LogP contribution in [-0.4, -0.2) is 41.0 Å². The summed E-state index contributed by atoms with van der Waals surface area (Å²) in [5, 5.41) is 6.35. The highest BCUT2D eigenvalue weighted by Crippen LogP contribution is 2.18. The molecule has 19 heavy (non-hydrogen) atoms. The number of carbonyl (C=O) groups excluding carboxylic acids is 1. The molecule has 0 aromatic carbocycles. The van der Waals surface area contributed by atoms with Crippen LogP contribution in [0.1, 0.15) is 43.2 Å². The molecule has 0 aliphatic carbocycles. The Kier molecular flexibility index (Phi) is 4.58. The van der Waals surface area contributed by atoms with Gasteiger partial charge in [0.1, 0.15) is 5.69 Å². The van der Waals surface area contributed by atoms with Crippen molar-refractivity contribution in [3.63, 3.8) is 0 Å². The van der Waals surface area contributed by atoms with Crippen molar-refractivity contribution >= 4 is 17.2 Å². The maximum absolute atomic E-state index is 12.5. The SMILES string of the molecule is CC(C)Cc1nc(C(=O)N2CCNC(C)C2C)cs1. The lowest BCUT2D eigenvalue weighted by Gasteiger charge is -2.38. The molecule has 2 unspecified atom stereocenters. The molecule has 0 spiro atoms. The number of nitrogens with zero attached hydrogens (tertiary/aromatic N) is 2. The molecule has 0 radical (unpaired) electrons. The molecule has 0 saturated carbocycles. The fourth-order valence-corrected chi connectivity index (χ4v) is 3.32. The molecular weight excluding hydrogens is 258 g/mol. The van der Waals surface area contributed by atoms with Gasteiger partial charge in [-0.1, -0.05) is 13.8 Å². The van der Waals surface area contributed by atoms with Crippen molar-refractivity contribution in [3.8, 4) is 0 Å². The van der Waals surface area contributed by atoms with E-state index in [9.17, 15) is 4.79 Å². The van der Waals surface area contributed by atoms with Gasteiger partial charge < -0.3 is 10.2 Å². The molecule has 1 aromatic heterocycles. The van der Waals surface area contributed by atoms with Gasteiger partial charge in [0, 0.05) is 37.0 Å². The van der Waals surface area contributed by atoms with Gasteiger partial charge in [-0.05, 0) is 19.8 Å². The van der Waals surface area contributed by atoms with Gasteiger partial charge in [-0.2, -0.15) is 0 Å². The van der Waals surface area contributed by atoms with Gasteiger partial charge in [-0.3, -0.25) is 4.79 Å². The molecule has 1 aliphatic heterocycles. The van der Waals surface area contributed by atoms with E-state index in [1.54, 1.807) is 11.3 Å². The second kappa shape index (κ2) is 6.01. The minimum Gasteiger partial charge on any atom is -0.332 e. The minimum atomic E-state index is 0.0760. The van der Waals surface area contributed by atoms with E-state index in [2.05, 4.69) is 38.0 Å². The largest absolute Gasteiger partial charge is 0.332 e. The van der Waals surface area contributed by atoms with E-state index in [4.69, 9.17) is 0 Å². The highest BCUT2D eigenvalue weighted by molar-refractivity contribution is 7.09. The van der Waals surface area contributed by atoms with Crippen LogP contribution >= 0.6 is 11.3 Å². The monoisotopic (exact) mass is 281 g/mol. The first-order valence-electron chi connectivity index (χ1n) is 6.97. The van der Waals surface area contributed by atoms with E-state index in [-0.39, 0.29) is 11.9 Å². The lowest BCUT2D eigenvalue weighted by Crippen LogP contribution is -2.57. The van der Waals surface area contributed by atoms with Crippen molar-refractivity contribution < 1.29 is 4.79 Å². The van der Waals surface area contributed by atoms with E-state index in [1.165, 1.54) is 0 Å². The summed E-state index contributed by atoms with van der Waals surface area (Å²) >= 11 is 1.60. The molecule has 5 heteroatoms. The first-order valence-corrected chi connectivity index (χ1v) is 7.85. The number of amides is 1. The molecule has 1 aliphatic rings. The smallest absolute Gasteiger partial charge is 0.273 e. The Morgan fingerprint density at radius 1 is 1.58 bits per heavy atom. The second-order valence-corrected chi connectivity index (χ2v) is 6.65. The van der Waals surface area contributed by atoms with E-state index >= 15 is 0 Å². The summed E-state index contributed by atoms with van der Waals surface area (Å²) in [6, 6.07) is 0.558. The standard InChI is InChI=1S/C14H23N3OS/c1-9(2)7-13-16-12(8-19-13)14(18)17-6-5-15-10(3)11(17)4/h8-11,15H,5-7H2,1-4H3. The zero-order chi connectivity index (χ0) is 14.0. The number of carbonyl (C=O) groups is 1. The van der Waals surface area contributed by atoms with Gasteiger partial charge in [0.25, 0.3) is 5.91 Å². The molecule has 2 rings (SSSR count). The van der Waals surface area contributed by atoms with Crippen LogP contribution in [-0.2, 0) is 6.42 Å². The molecule has 1 fully saturated rings. The molecule has 4 nitrogen and oxygen atoms in total. The van der Waals surface area contributed by atoms with E-state index < -0.39 is 0 Å². The number of piperazine rings is 1. The predicted molar refractivity (Wildman–Crippen MR) is 78.6 cm³/mol. The quantitative estimate of drug-likeness (QED) is 0.923. The first-order chi connectivity index (χ1) is 8.99. The average molecular weight is 281 g/mol. The van der Waals surface area contributed by atoms with Crippen molar-refractivity contribution in [3.05, 3.63) is 16.1 Å². The normalized spacial score (nSPS) is 23.9. The van der Waals surface area contributed by atoms with Crippen molar-refractivity contribution in [2.24, 2.45) is 5.92 Å². The maximum Gasteiger partial charge on any atom is 0.273 e. The zero-order valence-corrected chi connectivity index (χ0v) is 13.0. The van der Waals surface area contributed by atoms with Gasteiger partial charge in [0.2, 0.25) is 0 Å². The van der Waals surface area contributed by atoms with Crippen molar-refractivity contribution in [2.75, 3.05) is 13.1 Å². The Bertz CT molecular complexity index is 444. The van der Waals surface area contributed by atoms with Gasteiger partial charge in [-0.25, -0.2) is 4.98 Å². The lowest BCUT2D eigenvalue weighted by molar-refractivity contribution is 0.0597. The van der Waals surface area contributed by atoms with Crippen molar-refractivity contribution in [1.29, 1.82) is 0 Å². The number of aromatic nitrogens is 1. The number of thiazole rings is 1. The summed E-state index contributed by atoms with van der Waals surface area (Å²) in [7, 11) is 0. The third-order valence-electron chi connectivity index (χ3n) is 3.65. The van der Waals surface area contributed by atoms with Gasteiger partial charge >= 0.3 is 0 Å². The molecule has 1 amide bonds. The Labute approximate surface area is 119 Å². The van der Waals surface area contributed by atoms with Crippen molar-refractivity contribution in [2.45, 2.75) is 46.2 Å². The zero-order valence-electron chi connectivity index (χ0n) is 12.1. The van der Waals surface area contributed by atoms with Crippen LogP contribution < -0.4 is 5.32 Å². The van der Waals surface area contributed by atoms with Crippen molar-refractivity contribution in [1.82, 2.24) is 15.2 Å². The third-order valence-corrected chi connectivity index (χ3v) is 4.52. The summed E-state index contributed by atoms with van der Waals surface area (Å²) in [4.78, 5) is 18.9. The van der Waals surface area contributed by atoms with Crippen LogP contribution in [0.4, 0.5) is 0 Å². The van der Waals surface area contributed by atoms with Gasteiger partial charge in [0.15, 0.2) is 0 Å². The van der Waals surface area contributed by atoms with Gasteiger partial charge in [0.05, 0.1) is 5.01 Å². The molecule has 2 atom stereocenters. The van der Waals surface area contributed by atoms with Crippen LogP contribution in [0, 0.1) is 5.92 Å². The number of nitrogens with one attached hydrogen (secondary N) is 1. The number of hydrogen-bond acceptors (Lipinski definition) is 4. The van der Waals surface area contributed by atoms with E-state index in [0.29, 0.717) is 17.7 Å². The summed E-state index contributed by atoms with van der Waals surface area (Å²) in [5.74, 6) is 0.652. The van der Waals surface area contributed by atoms with Crippen LogP contribution in [0.15, 0.2) is 5.38 Å². The molecular formula is C14H23N3OS. The van der Waals surface area contributed by atoms with Crippen LogP contribution in [0.25, 0.3) is 0 Å². The number of hydrogen-bond donors (Lipinski definition) is 1. The molecule has 2 heterocycles. The summed E-state index contributed by atoms with van der Waals surface area (Å²) in [5.41, 5.74) is 0.613. The van der Waals surface area contributed by atoms with Crippen LogP contribution in [0.2, 0.25) is 0 Å². The lowest BCUT2D eigenvalue weighted by atomic mass is 10.1. The Hall–Kier alpha value is -0.940. The maximum atomic E-state index is 12.5. The second-order valence-electron chi connectivity index (χ2n) is 5.71. The summed E-state index contributed by atoms with van der Waals surface area (Å²) in [6.07, 6.45) is 0.950. The Balaban J connectivity index is 2.08. The highest BCUT2D eigenvalue weighted by atomic mass is 32.1. The predicted octanol–water partition coefficient (Wildman–Crippen LogP) is 2.16. The third kappa shape index (κ3) is 3.34. The summed E-state index contributed by atoms with van der Waals surface area (Å²) in [6.45, 7) is 10.2. The number of rotatable bonds is 3. The fourth-order valence-electron chi connectivity index (χ4n) is 2.34. The highest BCUT2D eigenvalue weighted by Gasteiger charge is 2.29. The van der Waals surface area contributed by atoms with E-state index in [0.717, 1.165) is 24.5 Å². The first kappa shape index (κ1) is 14.5. The summed E-state index contributed by atoms with van der Waals surface area (Å²) < 4.78 is 0. The molecule has 1 saturated heterocycles. The average Bonchev–Trinajstić information content (AvgIpc) is 2.79. The molecule has 1 N–H and O–H groups in total. The molecule has 1 aromatic rings. The van der Waals surface area contributed by atoms with Crippen LogP contribution in [0.5, 0.6) is 0 Å². The fraction of sp³-hybridized carbons (Fsp3) is 0.714. The van der Waals surface area contributed by atoms with Crippen LogP contribution in [0.3, 0.4) is 0 Å². The van der Waals surface area contributed by atoms with Gasteiger partial charge in [-0.15, -0.1) is 11.3 Å². The molecule has 106 valence electrons. The molecule has 0 bridgehead atoms.